The highest BCUT2D eigenvalue weighted by Gasteiger charge is 2.31. The first kappa shape index (κ1) is 10.9. The zero-order valence-electron chi connectivity index (χ0n) is 9.49. The number of nitrogens with one attached hydrogen (secondary N) is 1. The van der Waals surface area contributed by atoms with Crippen LogP contribution < -0.4 is 5.32 Å². The van der Waals surface area contributed by atoms with Crippen molar-refractivity contribution in [1.29, 1.82) is 0 Å². The number of anilines is 1. The molecule has 0 atom stereocenters. The molecular weight excluding hydrogens is 206 g/mol. The molecule has 1 N–H and O–H groups in total. The minimum absolute atomic E-state index is 0.140. The Morgan fingerprint density at radius 2 is 2.19 bits per heavy atom. The van der Waals surface area contributed by atoms with E-state index < -0.39 is 5.97 Å². The fourth-order valence-corrected chi connectivity index (χ4v) is 1.75. The fourth-order valence-electron chi connectivity index (χ4n) is 1.75. The first-order chi connectivity index (χ1) is 7.63. The van der Waals surface area contributed by atoms with Gasteiger partial charge in [0.05, 0.1) is 7.11 Å². The SMILES string of the molecule is COC(=O)c1ccc(NC2(C)CCC2)nn1. The predicted octanol–water partition coefficient (Wildman–Crippen LogP) is 1.62. The Hall–Kier alpha value is -1.65. The molecule has 1 fully saturated rings. The summed E-state index contributed by atoms with van der Waals surface area (Å²) in [6.07, 6.45) is 3.54. The molecule has 0 saturated heterocycles. The van der Waals surface area contributed by atoms with E-state index in [1.54, 1.807) is 12.1 Å². The Morgan fingerprint density at radius 1 is 1.44 bits per heavy atom. The van der Waals surface area contributed by atoms with Crippen LogP contribution in [0.25, 0.3) is 0 Å². The summed E-state index contributed by atoms with van der Waals surface area (Å²) in [5.41, 5.74) is 0.369. The van der Waals surface area contributed by atoms with Gasteiger partial charge in [0.1, 0.15) is 5.82 Å². The first-order valence-electron chi connectivity index (χ1n) is 5.33. The third-order valence-electron chi connectivity index (χ3n) is 2.95. The Morgan fingerprint density at radius 3 is 2.62 bits per heavy atom. The van der Waals surface area contributed by atoms with Gasteiger partial charge in [-0.1, -0.05) is 0 Å². The number of carbonyl (C=O) groups is 1. The quantitative estimate of drug-likeness (QED) is 0.786. The molecule has 1 aliphatic carbocycles. The van der Waals surface area contributed by atoms with E-state index in [1.807, 2.05) is 0 Å². The fraction of sp³-hybridized carbons (Fsp3) is 0.545. The van der Waals surface area contributed by atoms with Crippen molar-refractivity contribution in [2.45, 2.75) is 31.7 Å². The molecule has 0 aromatic carbocycles. The van der Waals surface area contributed by atoms with E-state index in [0.29, 0.717) is 5.82 Å². The number of esters is 1. The van der Waals surface area contributed by atoms with Crippen LogP contribution in [0.2, 0.25) is 0 Å². The van der Waals surface area contributed by atoms with Crippen molar-refractivity contribution in [3.8, 4) is 0 Å². The van der Waals surface area contributed by atoms with Crippen LogP contribution in [0.1, 0.15) is 36.7 Å². The van der Waals surface area contributed by atoms with Crippen molar-refractivity contribution in [3.05, 3.63) is 17.8 Å². The average Bonchev–Trinajstić information content (AvgIpc) is 2.27. The smallest absolute Gasteiger partial charge is 0.358 e. The highest BCUT2D eigenvalue weighted by Crippen LogP contribution is 2.33. The summed E-state index contributed by atoms with van der Waals surface area (Å²) in [5.74, 6) is 0.240. The number of ether oxygens (including phenoxy) is 1. The highest BCUT2D eigenvalue weighted by atomic mass is 16.5. The van der Waals surface area contributed by atoms with E-state index in [0.717, 1.165) is 12.8 Å². The van der Waals surface area contributed by atoms with Crippen LogP contribution in [0, 0.1) is 0 Å². The second-order valence-corrected chi connectivity index (χ2v) is 4.33. The van der Waals surface area contributed by atoms with Crippen LogP contribution in [-0.2, 0) is 4.74 Å². The van der Waals surface area contributed by atoms with Crippen LogP contribution in [-0.4, -0.2) is 28.8 Å². The van der Waals surface area contributed by atoms with Gasteiger partial charge in [0.2, 0.25) is 0 Å². The van der Waals surface area contributed by atoms with Crippen molar-refractivity contribution in [1.82, 2.24) is 10.2 Å². The molecule has 86 valence electrons. The number of hydrogen-bond acceptors (Lipinski definition) is 5. The number of aromatic nitrogens is 2. The van der Waals surface area contributed by atoms with Crippen LogP contribution in [0.4, 0.5) is 5.82 Å². The Balaban J connectivity index is 2.04. The lowest BCUT2D eigenvalue weighted by atomic mass is 9.78. The molecule has 16 heavy (non-hydrogen) atoms. The average molecular weight is 221 g/mol. The van der Waals surface area contributed by atoms with Crippen LogP contribution in [0.15, 0.2) is 12.1 Å². The second-order valence-electron chi connectivity index (χ2n) is 4.33. The molecule has 5 nitrogen and oxygen atoms in total. The second kappa shape index (κ2) is 4.08. The molecule has 1 aromatic rings. The summed E-state index contributed by atoms with van der Waals surface area (Å²) in [7, 11) is 1.32. The number of nitrogens with zero attached hydrogens (tertiary/aromatic N) is 2. The van der Waals surface area contributed by atoms with Gasteiger partial charge in [-0.05, 0) is 38.3 Å². The minimum atomic E-state index is -0.464. The molecule has 1 saturated carbocycles. The zero-order valence-corrected chi connectivity index (χ0v) is 9.49. The summed E-state index contributed by atoms with van der Waals surface area (Å²) >= 11 is 0. The normalized spacial score (nSPS) is 17.4. The first-order valence-corrected chi connectivity index (χ1v) is 5.33. The Bertz CT molecular complexity index is 385. The van der Waals surface area contributed by atoms with Crippen LogP contribution in [0.3, 0.4) is 0 Å². The Kier molecular flexibility index (Phi) is 2.77. The maximum atomic E-state index is 11.1. The molecule has 0 amide bonds. The molecule has 0 unspecified atom stereocenters. The third kappa shape index (κ3) is 2.13. The van der Waals surface area contributed by atoms with Gasteiger partial charge in [-0.15, -0.1) is 10.2 Å². The van der Waals surface area contributed by atoms with Gasteiger partial charge in [-0.2, -0.15) is 0 Å². The lowest BCUT2D eigenvalue weighted by Crippen LogP contribution is -2.41. The number of methoxy groups -OCH3 is 1. The van der Waals surface area contributed by atoms with Crippen molar-refractivity contribution >= 4 is 11.8 Å². The molecule has 1 aromatic heterocycles. The van der Waals surface area contributed by atoms with Crippen molar-refractivity contribution in [2.24, 2.45) is 0 Å². The lowest BCUT2D eigenvalue weighted by molar-refractivity contribution is 0.0593. The van der Waals surface area contributed by atoms with Gasteiger partial charge >= 0.3 is 5.97 Å². The van der Waals surface area contributed by atoms with Crippen molar-refractivity contribution in [2.75, 3.05) is 12.4 Å². The highest BCUT2D eigenvalue weighted by molar-refractivity contribution is 5.86. The largest absolute Gasteiger partial charge is 0.464 e. The molecule has 0 bridgehead atoms. The van der Waals surface area contributed by atoms with E-state index in [9.17, 15) is 4.79 Å². The summed E-state index contributed by atoms with van der Waals surface area (Å²) < 4.78 is 4.55. The molecule has 5 heteroatoms. The van der Waals surface area contributed by atoms with Gasteiger partial charge in [-0.3, -0.25) is 0 Å². The van der Waals surface area contributed by atoms with Crippen LogP contribution in [0.5, 0.6) is 0 Å². The van der Waals surface area contributed by atoms with E-state index in [-0.39, 0.29) is 11.2 Å². The molecule has 0 aliphatic heterocycles. The molecule has 2 rings (SSSR count). The van der Waals surface area contributed by atoms with Crippen molar-refractivity contribution < 1.29 is 9.53 Å². The number of carbonyl (C=O) groups excluding carboxylic acids is 1. The number of hydrogen-bond donors (Lipinski definition) is 1. The zero-order chi connectivity index (χ0) is 11.6. The van der Waals surface area contributed by atoms with E-state index in [4.69, 9.17) is 0 Å². The summed E-state index contributed by atoms with van der Waals surface area (Å²) in [5, 5.41) is 11.1. The Labute approximate surface area is 94.2 Å². The van der Waals surface area contributed by atoms with Gasteiger partial charge in [0.15, 0.2) is 5.69 Å². The van der Waals surface area contributed by atoms with Crippen molar-refractivity contribution in [3.63, 3.8) is 0 Å². The molecule has 0 radical (unpaired) electrons. The summed E-state index contributed by atoms with van der Waals surface area (Å²) in [4.78, 5) is 11.1. The van der Waals surface area contributed by atoms with E-state index in [1.165, 1.54) is 13.5 Å². The predicted molar refractivity (Wildman–Crippen MR) is 59.3 cm³/mol. The molecule has 0 spiro atoms. The number of rotatable bonds is 3. The standard InChI is InChI=1S/C11H15N3O2/c1-11(6-3-7-11)12-9-5-4-8(13-14-9)10(15)16-2/h4-5H,3,6-7H2,1-2H3,(H,12,14). The summed E-state index contributed by atoms with van der Waals surface area (Å²) in [6, 6.07) is 3.37. The molecule has 1 aliphatic rings. The van der Waals surface area contributed by atoms with Gasteiger partial charge in [-0.25, -0.2) is 4.79 Å². The molecule has 1 heterocycles. The summed E-state index contributed by atoms with van der Waals surface area (Å²) in [6.45, 7) is 2.16. The van der Waals surface area contributed by atoms with Gasteiger partial charge < -0.3 is 10.1 Å². The monoisotopic (exact) mass is 221 g/mol. The third-order valence-corrected chi connectivity index (χ3v) is 2.95. The maximum Gasteiger partial charge on any atom is 0.358 e. The minimum Gasteiger partial charge on any atom is -0.464 e. The van der Waals surface area contributed by atoms with E-state index in [2.05, 4.69) is 27.2 Å². The van der Waals surface area contributed by atoms with E-state index >= 15 is 0 Å². The topological polar surface area (TPSA) is 64.1 Å². The van der Waals surface area contributed by atoms with Crippen LogP contribution >= 0.6 is 0 Å². The maximum absolute atomic E-state index is 11.1. The van der Waals surface area contributed by atoms with Gasteiger partial charge in [0, 0.05) is 5.54 Å². The lowest BCUT2D eigenvalue weighted by Gasteiger charge is -2.39. The van der Waals surface area contributed by atoms with Gasteiger partial charge in [0.25, 0.3) is 0 Å². The molecular formula is C11H15N3O2.